The Morgan fingerprint density at radius 2 is 1.68 bits per heavy atom. The molecule has 0 heterocycles. The van der Waals surface area contributed by atoms with Crippen LogP contribution in [-0.4, -0.2) is 38.1 Å². The number of rotatable bonds is 8. The number of carbonyl (C=O) groups is 1. The number of nitrogens with zero attached hydrogens (tertiary/aromatic N) is 1. The highest BCUT2D eigenvalue weighted by Gasteiger charge is 2.23. The highest BCUT2D eigenvalue weighted by atomic mass is 16.5. The van der Waals surface area contributed by atoms with Gasteiger partial charge in [0.15, 0.2) is 0 Å². The summed E-state index contributed by atoms with van der Waals surface area (Å²) < 4.78 is 5.17. The van der Waals surface area contributed by atoms with Gasteiger partial charge in [-0.25, -0.2) is 0 Å². The highest BCUT2D eigenvalue weighted by molar-refractivity contribution is 5.78. The quantitative estimate of drug-likeness (QED) is 0.673. The van der Waals surface area contributed by atoms with Crippen molar-refractivity contribution >= 4 is 5.91 Å². The maximum atomic E-state index is 12.2. The van der Waals surface area contributed by atoms with Crippen LogP contribution in [0.4, 0.5) is 0 Å². The van der Waals surface area contributed by atoms with E-state index >= 15 is 0 Å². The molecule has 0 fully saturated rings. The van der Waals surface area contributed by atoms with Crippen molar-refractivity contribution in [1.82, 2.24) is 4.90 Å². The Hall–Kier alpha value is -0.570. The molecule has 0 rings (SSSR count). The molecule has 0 N–H and O–H groups in total. The van der Waals surface area contributed by atoms with Gasteiger partial charge in [0.2, 0.25) is 5.91 Å². The van der Waals surface area contributed by atoms with Gasteiger partial charge in [0, 0.05) is 26.6 Å². The first kappa shape index (κ1) is 20.7. The molecule has 0 aliphatic carbocycles. The lowest BCUT2D eigenvalue weighted by Crippen LogP contribution is -2.38. The molecule has 0 aromatic heterocycles. The second-order valence-corrected chi connectivity index (χ2v) is 5.12. The van der Waals surface area contributed by atoms with Crippen molar-refractivity contribution in [3.05, 3.63) is 0 Å². The van der Waals surface area contributed by atoms with Gasteiger partial charge in [-0.3, -0.25) is 4.79 Å². The van der Waals surface area contributed by atoms with Gasteiger partial charge in [0.05, 0.1) is 6.61 Å². The first-order valence-corrected chi connectivity index (χ1v) is 7.71. The van der Waals surface area contributed by atoms with Crippen LogP contribution in [0.1, 0.15) is 54.4 Å². The van der Waals surface area contributed by atoms with E-state index in [1.807, 2.05) is 32.7 Å². The third-order valence-corrected chi connectivity index (χ3v) is 3.78. The lowest BCUT2D eigenvalue weighted by Gasteiger charge is -2.27. The number of methoxy groups -OCH3 is 1. The highest BCUT2D eigenvalue weighted by Crippen LogP contribution is 2.17. The van der Waals surface area contributed by atoms with Gasteiger partial charge in [-0.1, -0.05) is 48.0 Å². The standard InChI is InChI=1S/C14H29NO2.C2H6/c1-7-11(3)12(4)14(16)15(5)9-13(8-2)10-17-6;1-2/h11-13H,7-10H2,1-6H3;1-2H3. The van der Waals surface area contributed by atoms with Crippen LogP contribution < -0.4 is 0 Å². The van der Waals surface area contributed by atoms with Crippen LogP contribution in [0.3, 0.4) is 0 Å². The van der Waals surface area contributed by atoms with Crippen molar-refractivity contribution in [3.8, 4) is 0 Å². The zero-order valence-corrected chi connectivity index (χ0v) is 14.3. The van der Waals surface area contributed by atoms with Gasteiger partial charge in [-0.05, 0) is 18.3 Å². The summed E-state index contributed by atoms with van der Waals surface area (Å²) in [5, 5.41) is 0. The molecule has 19 heavy (non-hydrogen) atoms. The number of amides is 1. The van der Waals surface area contributed by atoms with E-state index in [1.54, 1.807) is 7.11 Å². The Labute approximate surface area is 120 Å². The van der Waals surface area contributed by atoms with E-state index in [1.165, 1.54) is 0 Å². The molecule has 0 saturated carbocycles. The average molecular weight is 273 g/mol. The molecule has 0 aliphatic rings. The fraction of sp³-hybridized carbons (Fsp3) is 0.938. The molecule has 0 radical (unpaired) electrons. The molecule has 3 atom stereocenters. The van der Waals surface area contributed by atoms with Crippen molar-refractivity contribution in [2.75, 3.05) is 27.3 Å². The summed E-state index contributed by atoms with van der Waals surface area (Å²) in [4.78, 5) is 14.0. The van der Waals surface area contributed by atoms with Crippen LogP contribution in [-0.2, 0) is 9.53 Å². The molecule has 0 spiro atoms. The minimum Gasteiger partial charge on any atom is -0.384 e. The Kier molecular flexibility index (Phi) is 13.6. The summed E-state index contributed by atoms with van der Waals surface area (Å²) in [6, 6.07) is 0. The smallest absolute Gasteiger partial charge is 0.225 e. The molecule has 0 bridgehead atoms. The van der Waals surface area contributed by atoms with Crippen molar-refractivity contribution in [3.63, 3.8) is 0 Å². The topological polar surface area (TPSA) is 29.5 Å². The Balaban J connectivity index is 0. The van der Waals surface area contributed by atoms with E-state index < -0.39 is 0 Å². The molecular weight excluding hydrogens is 238 g/mol. The largest absolute Gasteiger partial charge is 0.384 e. The van der Waals surface area contributed by atoms with Gasteiger partial charge >= 0.3 is 0 Å². The first-order valence-electron chi connectivity index (χ1n) is 7.71. The zero-order chi connectivity index (χ0) is 15.4. The van der Waals surface area contributed by atoms with Crippen molar-refractivity contribution < 1.29 is 9.53 Å². The van der Waals surface area contributed by atoms with E-state index in [-0.39, 0.29) is 11.8 Å². The summed E-state index contributed by atoms with van der Waals surface area (Å²) in [5.41, 5.74) is 0. The Morgan fingerprint density at radius 3 is 2.05 bits per heavy atom. The van der Waals surface area contributed by atoms with Gasteiger partial charge in [0.25, 0.3) is 0 Å². The van der Waals surface area contributed by atoms with E-state index in [4.69, 9.17) is 4.74 Å². The van der Waals surface area contributed by atoms with Gasteiger partial charge in [-0.15, -0.1) is 0 Å². The predicted octanol–water partition coefficient (Wildman–Crippen LogP) is 3.83. The molecule has 0 aromatic rings. The number of ether oxygens (including phenoxy) is 1. The van der Waals surface area contributed by atoms with Crippen molar-refractivity contribution in [1.29, 1.82) is 0 Å². The molecule has 1 amide bonds. The zero-order valence-electron chi connectivity index (χ0n) is 14.3. The molecule has 0 aliphatic heterocycles. The fourth-order valence-corrected chi connectivity index (χ4v) is 1.96. The van der Waals surface area contributed by atoms with Crippen LogP contribution in [0.5, 0.6) is 0 Å². The predicted molar refractivity (Wildman–Crippen MR) is 83.3 cm³/mol. The lowest BCUT2D eigenvalue weighted by atomic mass is 9.92. The van der Waals surface area contributed by atoms with Gasteiger partial charge in [-0.2, -0.15) is 0 Å². The van der Waals surface area contributed by atoms with E-state index in [0.29, 0.717) is 11.8 Å². The third kappa shape index (κ3) is 8.25. The fourth-order valence-electron chi connectivity index (χ4n) is 1.96. The minimum atomic E-state index is 0.116. The molecule has 0 aromatic carbocycles. The monoisotopic (exact) mass is 273 g/mol. The lowest BCUT2D eigenvalue weighted by molar-refractivity contribution is -0.136. The molecule has 0 saturated heterocycles. The number of hydrogen-bond acceptors (Lipinski definition) is 2. The maximum absolute atomic E-state index is 12.2. The normalized spacial score (nSPS) is 14.9. The Morgan fingerprint density at radius 1 is 1.16 bits per heavy atom. The van der Waals surface area contributed by atoms with E-state index in [0.717, 1.165) is 26.0 Å². The summed E-state index contributed by atoms with van der Waals surface area (Å²) in [7, 11) is 3.62. The van der Waals surface area contributed by atoms with E-state index in [9.17, 15) is 4.79 Å². The van der Waals surface area contributed by atoms with Crippen LogP contribution >= 0.6 is 0 Å². The number of hydrogen-bond donors (Lipinski definition) is 0. The maximum Gasteiger partial charge on any atom is 0.225 e. The number of carbonyl (C=O) groups excluding carboxylic acids is 1. The first-order chi connectivity index (χ1) is 8.97. The minimum absolute atomic E-state index is 0.116. The molecule has 116 valence electrons. The summed E-state index contributed by atoms with van der Waals surface area (Å²) in [5.74, 6) is 1.27. The van der Waals surface area contributed by atoms with Crippen LogP contribution in [0.15, 0.2) is 0 Å². The second-order valence-electron chi connectivity index (χ2n) is 5.12. The molecular formula is C16H35NO2. The van der Waals surface area contributed by atoms with Crippen molar-refractivity contribution in [2.24, 2.45) is 17.8 Å². The Bertz CT molecular complexity index is 219. The third-order valence-electron chi connectivity index (χ3n) is 3.78. The molecule has 3 unspecified atom stereocenters. The molecule has 3 heteroatoms. The van der Waals surface area contributed by atoms with Crippen LogP contribution in [0.25, 0.3) is 0 Å². The molecule has 3 nitrogen and oxygen atoms in total. The average Bonchev–Trinajstić information content (AvgIpc) is 2.46. The SMILES string of the molecule is CC.CCC(COC)CN(C)C(=O)C(C)C(C)CC. The van der Waals surface area contributed by atoms with Crippen LogP contribution in [0, 0.1) is 17.8 Å². The van der Waals surface area contributed by atoms with Gasteiger partial charge in [0.1, 0.15) is 0 Å². The van der Waals surface area contributed by atoms with Gasteiger partial charge < -0.3 is 9.64 Å². The summed E-state index contributed by atoms with van der Waals surface area (Å²) in [6.45, 7) is 14.0. The van der Waals surface area contributed by atoms with Crippen LogP contribution in [0.2, 0.25) is 0 Å². The summed E-state index contributed by atoms with van der Waals surface area (Å²) in [6.07, 6.45) is 2.10. The van der Waals surface area contributed by atoms with Crippen molar-refractivity contribution in [2.45, 2.75) is 54.4 Å². The second kappa shape index (κ2) is 12.5. The van der Waals surface area contributed by atoms with E-state index in [2.05, 4.69) is 20.8 Å². The summed E-state index contributed by atoms with van der Waals surface area (Å²) >= 11 is 0.